The maximum atomic E-state index is 11.5. The number of benzene rings is 1. The largest absolute Gasteiger partial charge is 0.384 e. The minimum absolute atomic E-state index is 0.197. The molecule has 0 radical (unpaired) electrons. The third-order valence-corrected chi connectivity index (χ3v) is 3.65. The molecule has 0 bridgehead atoms. The molecule has 0 aromatic heterocycles. The van der Waals surface area contributed by atoms with E-state index < -0.39 is 10.2 Å². The molecule has 98 valence electrons. The Labute approximate surface area is 108 Å². The lowest BCUT2D eigenvalue weighted by Gasteiger charge is -2.12. The Kier molecular flexibility index (Phi) is 5.31. The van der Waals surface area contributed by atoms with Crippen LogP contribution in [0.4, 0.5) is 0 Å². The zero-order valence-electron chi connectivity index (χ0n) is 10.3. The second-order valence-corrected chi connectivity index (χ2v) is 5.74. The van der Waals surface area contributed by atoms with E-state index in [1.165, 1.54) is 14.1 Å². The molecule has 1 aromatic carbocycles. The fourth-order valence-corrected chi connectivity index (χ4v) is 1.81. The Hall–Kier alpha value is -1.39. The molecule has 0 spiro atoms. The lowest BCUT2D eigenvalue weighted by molar-refractivity contribution is 0.350. The van der Waals surface area contributed by atoms with Gasteiger partial charge >= 0.3 is 0 Å². The van der Waals surface area contributed by atoms with Crippen molar-refractivity contribution in [2.45, 2.75) is 6.54 Å². The molecule has 18 heavy (non-hydrogen) atoms. The molecule has 0 unspecified atom stereocenters. The van der Waals surface area contributed by atoms with E-state index >= 15 is 0 Å². The Bertz CT molecular complexity index is 556. The fraction of sp³-hybridized carbons (Fsp3) is 0.333. The number of nitrogens with zero attached hydrogens (tertiary/aromatic N) is 1. The minimum atomic E-state index is -3.42. The number of hydrogen-bond donors (Lipinski definition) is 2. The van der Waals surface area contributed by atoms with Crippen LogP contribution in [0.15, 0.2) is 24.3 Å². The van der Waals surface area contributed by atoms with Gasteiger partial charge in [0.25, 0.3) is 10.2 Å². The normalized spacial score (nSPS) is 11.1. The topological polar surface area (TPSA) is 69.6 Å². The number of aliphatic hydroxyl groups is 1. The lowest BCUT2D eigenvalue weighted by atomic mass is 10.1. The van der Waals surface area contributed by atoms with Crippen LogP contribution in [-0.2, 0) is 16.8 Å². The summed E-state index contributed by atoms with van der Waals surface area (Å²) in [4.78, 5) is 0. The van der Waals surface area contributed by atoms with Crippen LogP contribution in [0.1, 0.15) is 11.1 Å². The van der Waals surface area contributed by atoms with Crippen LogP contribution in [0.3, 0.4) is 0 Å². The molecule has 0 aliphatic rings. The lowest BCUT2D eigenvalue weighted by Crippen LogP contribution is -2.35. The molecule has 0 fully saturated rings. The molecular formula is C12H16N2O3S. The number of hydrogen-bond acceptors (Lipinski definition) is 3. The van der Waals surface area contributed by atoms with Gasteiger partial charge in [-0.3, -0.25) is 0 Å². The molecule has 0 heterocycles. The predicted octanol–water partition coefficient (Wildman–Crippen LogP) is -0.0736. The molecule has 0 saturated carbocycles. The Morgan fingerprint density at radius 2 is 2.11 bits per heavy atom. The molecule has 0 aliphatic carbocycles. The first kappa shape index (κ1) is 14.7. The number of nitrogens with one attached hydrogen (secondary N) is 1. The molecule has 1 aromatic rings. The average molecular weight is 268 g/mol. The van der Waals surface area contributed by atoms with Gasteiger partial charge < -0.3 is 5.11 Å². The summed E-state index contributed by atoms with van der Waals surface area (Å²) in [7, 11) is -0.491. The van der Waals surface area contributed by atoms with Gasteiger partial charge in [-0.15, -0.1) is 0 Å². The standard InChI is InChI=1S/C12H16N2O3S/c1-14(2)18(16,17)13-10-12-6-3-5-11(9-12)7-4-8-15/h3,5-6,9,13,15H,8,10H2,1-2H3. The molecule has 5 nitrogen and oxygen atoms in total. The number of aliphatic hydroxyl groups excluding tert-OH is 1. The average Bonchev–Trinajstić information content (AvgIpc) is 2.34. The summed E-state index contributed by atoms with van der Waals surface area (Å²) in [5.41, 5.74) is 1.55. The van der Waals surface area contributed by atoms with Crippen LogP contribution >= 0.6 is 0 Å². The summed E-state index contributed by atoms with van der Waals surface area (Å²) < 4.78 is 26.6. The summed E-state index contributed by atoms with van der Waals surface area (Å²) in [6.45, 7) is 0.00659. The van der Waals surface area contributed by atoms with Crippen LogP contribution in [0.5, 0.6) is 0 Å². The summed E-state index contributed by atoms with van der Waals surface area (Å²) in [6, 6.07) is 7.18. The van der Waals surface area contributed by atoms with Crippen molar-refractivity contribution in [2.75, 3.05) is 20.7 Å². The zero-order valence-corrected chi connectivity index (χ0v) is 11.2. The van der Waals surface area contributed by atoms with Crippen LogP contribution < -0.4 is 4.72 Å². The van der Waals surface area contributed by atoms with Crippen LogP contribution in [-0.4, -0.2) is 38.5 Å². The molecular weight excluding hydrogens is 252 g/mol. The smallest absolute Gasteiger partial charge is 0.279 e. The quantitative estimate of drug-likeness (QED) is 0.751. The molecule has 0 saturated heterocycles. The van der Waals surface area contributed by atoms with E-state index in [2.05, 4.69) is 16.6 Å². The van der Waals surface area contributed by atoms with Crippen molar-refractivity contribution < 1.29 is 13.5 Å². The first-order valence-corrected chi connectivity index (χ1v) is 6.75. The summed E-state index contributed by atoms with van der Waals surface area (Å²) >= 11 is 0. The van der Waals surface area contributed by atoms with E-state index in [9.17, 15) is 8.42 Å². The van der Waals surface area contributed by atoms with E-state index in [4.69, 9.17) is 5.11 Å². The highest BCUT2D eigenvalue weighted by molar-refractivity contribution is 7.87. The van der Waals surface area contributed by atoms with Gasteiger partial charge in [0.2, 0.25) is 0 Å². The predicted molar refractivity (Wildman–Crippen MR) is 69.9 cm³/mol. The highest BCUT2D eigenvalue weighted by Gasteiger charge is 2.11. The Morgan fingerprint density at radius 1 is 1.39 bits per heavy atom. The molecule has 1 rings (SSSR count). The van der Waals surface area contributed by atoms with Gasteiger partial charge in [0.05, 0.1) is 0 Å². The van der Waals surface area contributed by atoms with Gasteiger partial charge in [-0.2, -0.15) is 17.4 Å². The van der Waals surface area contributed by atoms with Crippen molar-refractivity contribution in [2.24, 2.45) is 0 Å². The number of rotatable bonds is 4. The van der Waals surface area contributed by atoms with Crippen molar-refractivity contribution in [3.05, 3.63) is 35.4 Å². The van der Waals surface area contributed by atoms with E-state index in [0.29, 0.717) is 0 Å². The Balaban J connectivity index is 2.75. The van der Waals surface area contributed by atoms with Crippen LogP contribution in [0.2, 0.25) is 0 Å². The second-order valence-electron chi connectivity index (χ2n) is 3.77. The van der Waals surface area contributed by atoms with E-state index in [1.54, 1.807) is 18.2 Å². The van der Waals surface area contributed by atoms with Crippen LogP contribution in [0.25, 0.3) is 0 Å². The van der Waals surface area contributed by atoms with Crippen molar-refractivity contribution in [1.29, 1.82) is 0 Å². The van der Waals surface area contributed by atoms with Crippen molar-refractivity contribution in [1.82, 2.24) is 9.03 Å². The van der Waals surface area contributed by atoms with Gasteiger partial charge in [0.15, 0.2) is 0 Å². The van der Waals surface area contributed by atoms with Gasteiger partial charge in [0.1, 0.15) is 6.61 Å². The minimum Gasteiger partial charge on any atom is -0.384 e. The monoisotopic (exact) mass is 268 g/mol. The molecule has 0 atom stereocenters. The molecule has 0 aliphatic heterocycles. The van der Waals surface area contributed by atoms with Gasteiger partial charge in [0, 0.05) is 26.2 Å². The molecule has 2 N–H and O–H groups in total. The third kappa shape index (κ3) is 4.47. The fourth-order valence-electron chi connectivity index (χ4n) is 1.20. The maximum Gasteiger partial charge on any atom is 0.279 e. The van der Waals surface area contributed by atoms with Crippen LogP contribution in [0, 0.1) is 11.8 Å². The SMILES string of the molecule is CN(C)S(=O)(=O)NCc1cccc(C#CCO)c1. The summed E-state index contributed by atoms with van der Waals surface area (Å²) in [5.74, 6) is 5.31. The van der Waals surface area contributed by atoms with Gasteiger partial charge in [-0.05, 0) is 17.7 Å². The van der Waals surface area contributed by atoms with Gasteiger partial charge in [-0.1, -0.05) is 24.0 Å². The third-order valence-electron chi connectivity index (χ3n) is 2.18. The summed E-state index contributed by atoms with van der Waals surface area (Å²) in [6.07, 6.45) is 0. The zero-order chi connectivity index (χ0) is 13.6. The van der Waals surface area contributed by atoms with E-state index in [0.717, 1.165) is 15.4 Å². The highest BCUT2D eigenvalue weighted by atomic mass is 32.2. The van der Waals surface area contributed by atoms with E-state index in [1.807, 2.05) is 6.07 Å². The van der Waals surface area contributed by atoms with Crippen molar-refractivity contribution in [3.63, 3.8) is 0 Å². The van der Waals surface area contributed by atoms with Crippen molar-refractivity contribution >= 4 is 10.2 Å². The molecule has 0 amide bonds. The van der Waals surface area contributed by atoms with Crippen molar-refractivity contribution in [3.8, 4) is 11.8 Å². The highest BCUT2D eigenvalue weighted by Crippen LogP contribution is 2.04. The first-order valence-electron chi connectivity index (χ1n) is 5.31. The first-order chi connectivity index (χ1) is 8.45. The molecule has 6 heteroatoms. The van der Waals surface area contributed by atoms with Gasteiger partial charge in [-0.25, -0.2) is 0 Å². The maximum absolute atomic E-state index is 11.5. The van der Waals surface area contributed by atoms with E-state index in [-0.39, 0.29) is 13.2 Å². The Morgan fingerprint density at radius 3 is 2.72 bits per heavy atom. The summed E-state index contributed by atoms with van der Waals surface area (Å²) in [5, 5.41) is 8.60. The second kappa shape index (κ2) is 6.52.